The van der Waals surface area contributed by atoms with Crippen molar-refractivity contribution in [3.8, 4) is 0 Å². The van der Waals surface area contributed by atoms with Crippen LogP contribution in [0.3, 0.4) is 0 Å². The molecule has 0 spiro atoms. The molecule has 0 amide bonds. The standard InChI is InChI=1S/C16H27NO3S/c1-12(2)7-5-8-13(3)17-21(19,20)16-10-6-9-15(11-18)14(16)4/h6,9-10,12-13,17-18H,5,7-8,11H2,1-4H3. The minimum Gasteiger partial charge on any atom is -0.392 e. The van der Waals surface area contributed by atoms with E-state index in [1.54, 1.807) is 25.1 Å². The Kier molecular flexibility index (Phi) is 6.84. The zero-order chi connectivity index (χ0) is 16.0. The summed E-state index contributed by atoms with van der Waals surface area (Å²) in [7, 11) is -3.53. The highest BCUT2D eigenvalue weighted by Gasteiger charge is 2.20. The second kappa shape index (κ2) is 7.92. The maximum absolute atomic E-state index is 12.4. The fraction of sp³-hybridized carbons (Fsp3) is 0.625. The van der Waals surface area contributed by atoms with Gasteiger partial charge in [0.15, 0.2) is 0 Å². The summed E-state index contributed by atoms with van der Waals surface area (Å²) in [4.78, 5) is 0.254. The van der Waals surface area contributed by atoms with Crippen molar-refractivity contribution in [1.29, 1.82) is 0 Å². The lowest BCUT2D eigenvalue weighted by molar-refractivity contribution is 0.280. The third-order valence-corrected chi connectivity index (χ3v) is 5.37. The Morgan fingerprint density at radius 2 is 1.86 bits per heavy atom. The van der Waals surface area contributed by atoms with Crippen molar-refractivity contribution < 1.29 is 13.5 Å². The van der Waals surface area contributed by atoms with Crippen molar-refractivity contribution in [3.05, 3.63) is 29.3 Å². The number of sulfonamides is 1. The van der Waals surface area contributed by atoms with E-state index in [2.05, 4.69) is 18.6 Å². The van der Waals surface area contributed by atoms with E-state index in [0.29, 0.717) is 17.0 Å². The van der Waals surface area contributed by atoms with Crippen LogP contribution in [0.5, 0.6) is 0 Å². The van der Waals surface area contributed by atoms with Crippen LogP contribution in [0.15, 0.2) is 23.1 Å². The summed E-state index contributed by atoms with van der Waals surface area (Å²) < 4.78 is 27.6. The Morgan fingerprint density at radius 3 is 2.43 bits per heavy atom. The topological polar surface area (TPSA) is 66.4 Å². The molecule has 1 rings (SSSR count). The highest BCUT2D eigenvalue weighted by atomic mass is 32.2. The first kappa shape index (κ1) is 18.1. The quantitative estimate of drug-likeness (QED) is 0.775. The zero-order valence-electron chi connectivity index (χ0n) is 13.4. The SMILES string of the molecule is Cc1c(CO)cccc1S(=O)(=O)NC(C)CCCC(C)C. The Bertz CT molecular complexity index is 553. The summed E-state index contributed by atoms with van der Waals surface area (Å²) >= 11 is 0. The van der Waals surface area contributed by atoms with Crippen LogP contribution in [0.4, 0.5) is 0 Å². The molecule has 1 aromatic rings. The van der Waals surface area contributed by atoms with E-state index in [1.165, 1.54) is 0 Å². The van der Waals surface area contributed by atoms with Crippen molar-refractivity contribution in [2.45, 2.75) is 64.5 Å². The van der Waals surface area contributed by atoms with Crippen LogP contribution in [0.25, 0.3) is 0 Å². The Hall–Kier alpha value is -0.910. The van der Waals surface area contributed by atoms with Crippen LogP contribution in [0, 0.1) is 12.8 Å². The Morgan fingerprint density at radius 1 is 1.19 bits per heavy atom. The number of aliphatic hydroxyl groups is 1. The van der Waals surface area contributed by atoms with Crippen molar-refractivity contribution >= 4 is 10.0 Å². The van der Waals surface area contributed by atoms with Crippen LogP contribution in [-0.4, -0.2) is 19.6 Å². The molecule has 0 saturated carbocycles. The second-order valence-electron chi connectivity index (χ2n) is 6.05. The van der Waals surface area contributed by atoms with Gasteiger partial charge in [-0.05, 0) is 43.4 Å². The lowest BCUT2D eigenvalue weighted by Gasteiger charge is -2.17. The average molecular weight is 313 g/mol. The highest BCUT2D eigenvalue weighted by molar-refractivity contribution is 7.89. The van der Waals surface area contributed by atoms with Crippen LogP contribution < -0.4 is 4.72 Å². The molecule has 0 radical (unpaired) electrons. The number of benzene rings is 1. The van der Waals surface area contributed by atoms with E-state index in [-0.39, 0.29) is 17.5 Å². The number of aliphatic hydroxyl groups excluding tert-OH is 1. The van der Waals surface area contributed by atoms with Crippen molar-refractivity contribution in [2.75, 3.05) is 0 Å². The molecule has 1 unspecified atom stereocenters. The second-order valence-corrected chi connectivity index (χ2v) is 7.73. The van der Waals surface area contributed by atoms with E-state index < -0.39 is 10.0 Å². The van der Waals surface area contributed by atoms with Crippen molar-refractivity contribution in [2.24, 2.45) is 5.92 Å². The predicted molar refractivity (Wildman–Crippen MR) is 85.6 cm³/mol. The number of rotatable bonds is 8. The fourth-order valence-corrected chi connectivity index (χ4v) is 3.91. The maximum atomic E-state index is 12.4. The normalized spacial score (nSPS) is 13.6. The molecular weight excluding hydrogens is 286 g/mol. The van der Waals surface area contributed by atoms with Gasteiger partial charge in [-0.1, -0.05) is 38.8 Å². The fourth-order valence-electron chi connectivity index (χ4n) is 2.34. The molecule has 21 heavy (non-hydrogen) atoms. The summed E-state index contributed by atoms with van der Waals surface area (Å²) in [5.74, 6) is 0.636. The largest absolute Gasteiger partial charge is 0.392 e. The predicted octanol–water partition coefficient (Wildman–Crippen LogP) is 2.98. The molecule has 0 aromatic heterocycles. The molecule has 1 aromatic carbocycles. The van der Waals surface area contributed by atoms with E-state index in [9.17, 15) is 13.5 Å². The first-order valence-electron chi connectivity index (χ1n) is 7.49. The maximum Gasteiger partial charge on any atom is 0.241 e. The Labute approximate surface area is 128 Å². The summed E-state index contributed by atoms with van der Waals surface area (Å²) in [5, 5.41) is 9.24. The molecule has 0 bridgehead atoms. The molecule has 2 N–H and O–H groups in total. The average Bonchev–Trinajstić information content (AvgIpc) is 2.37. The molecule has 0 aliphatic heterocycles. The Balaban J connectivity index is 2.78. The minimum atomic E-state index is -3.53. The first-order valence-corrected chi connectivity index (χ1v) is 8.98. The summed E-state index contributed by atoms with van der Waals surface area (Å²) in [5.41, 5.74) is 1.26. The van der Waals surface area contributed by atoms with Gasteiger partial charge in [0.05, 0.1) is 11.5 Å². The first-order chi connectivity index (χ1) is 9.77. The van der Waals surface area contributed by atoms with Gasteiger partial charge in [-0.3, -0.25) is 0 Å². The number of nitrogens with one attached hydrogen (secondary N) is 1. The molecule has 0 aliphatic carbocycles. The summed E-state index contributed by atoms with van der Waals surface area (Å²) in [6, 6.07) is 4.89. The van der Waals surface area contributed by atoms with E-state index >= 15 is 0 Å². The van der Waals surface area contributed by atoms with Gasteiger partial charge in [0.2, 0.25) is 10.0 Å². The van der Waals surface area contributed by atoms with E-state index in [0.717, 1.165) is 19.3 Å². The van der Waals surface area contributed by atoms with Gasteiger partial charge in [0, 0.05) is 6.04 Å². The van der Waals surface area contributed by atoms with Crippen LogP contribution in [-0.2, 0) is 16.6 Å². The third kappa shape index (κ3) is 5.41. The van der Waals surface area contributed by atoms with Crippen molar-refractivity contribution in [1.82, 2.24) is 4.72 Å². The lowest BCUT2D eigenvalue weighted by Crippen LogP contribution is -2.33. The smallest absolute Gasteiger partial charge is 0.241 e. The van der Waals surface area contributed by atoms with Gasteiger partial charge in [-0.15, -0.1) is 0 Å². The van der Waals surface area contributed by atoms with E-state index in [1.807, 2.05) is 6.92 Å². The molecular formula is C16H27NO3S. The summed E-state index contributed by atoms with van der Waals surface area (Å²) in [6.07, 6.45) is 2.94. The lowest BCUT2D eigenvalue weighted by atomic mass is 10.0. The molecule has 0 fully saturated rings. The molecule has 4 nitrogen and oxygen atoms in total. The number of hydrogen-bond acceptors (Lipinski definition) is 3. The zero-order valence-corrected chi connectivity index (χ0v) is 14.2. The van der Waals surface area contributed by atoms with Gasteiger partial charge in [0.25, 0.3) is 0 Å². The van der Waals surface area contributed by atoms with Crippen LogP contribution in [0.1, 0.15) is 51.2 Å². The molecule has 0 saturated heterocycles. The number of hydrogen-bond donors (Lipinski definition) is 2. The molecule has 5 heteroatoms. The van der Waals surface area contributed by atoms with Crippen molar-refractivity contribution in [3.63, 3.8) is 0 Å². The van der Waals surface area contributed by atoms with Gasteiger partial charge in [0.1, 0.15) is 0 Å². The highest BCUT2D eigenvalue weighted by Crippen LogP contribution is 2.20. The molecule has 0 aliphatic rings. The summed E-state index contributed by atoms with van der Waals surface area (Å²) in [6.45, 7) is 7.79. The van der Waals surface area contributed by atoms with E-state index in [4.69, 9.17) is 0 Å². The van der Waals surface area contributed by atoms with Gasteiger partial charge in [-0.25, -0.2) is 13.1 Å². The monoisotopic (exact) mass is 313 g/mol. The van der Waals surface area contributed by atoms with Crippen LogP contribution in [0.2, 0.25) is 0 Å². The molecule has 120 valence electrons. The van der Waals surface area contributed by atoms with Crippen LogP contribution >= 0.6 is 0 Å². The van der Waals surface area contributed by atoms with Gasteiger partial charge in [-0.2, -0.15) is 0 Å². The molecule has 1 atom stereocenters. The third-order valence-electron chi connectivity index (χ3n) is 3.63. The van der Waals surface area contributed by atoms with Gasteiger partial charge >= 0.3 is 0 Å². The minimum absolute atomic E-state index is 0.0917. The van der Waals surface area contributed by atoms with Gasteiger partial charge < -0.3 is 5.11 Å². The molecule has 0 heterocycles.